The third kappa shape index (κ3) is 4.29. The minimum Gasteiger partial charge on any atom is -0.350 e. The lowest BCUT2D eigenvalue weighted by molar-refractivity contribution is -0.127. The molecule has 0 bridgehead atoms. The number of fused-ring (bicyclic) bond motifs is 1. The summed E-state index contributed by atoms with van der Waals surface area (Å²) in [5, 5.41) is 6.77. The molecule has 0 aliphatic carbocycles. The van der Waals surface area contributed by atoms with E-state index in [9.17, 15) is 4.79 Å². The molecule has 3 heterocycles. The normalized spacial score (nSPS) is 19.2. The van der Waals surface area contributed by atoms with Gasteiger partial charge in [-0.1, -0.05) is 25.1 Å². The van der Waals surface area contributed by atoms with E-state index in [1.807, 2.05) is 11.9 Å². The van der Waals surface area contributed by atoms with Gasteiger partial charge in [0.05, 0.1) is 17.2 Å². The number of benzene rings is 1. The first-order valence-electron chi connectivity index (χ1n) is 10.5. The third-order valence-corrected chi connectivity index (χ3v) is 6.83. The van der Waals surface area contributed by atoms with Crippen LogP contribution in [-0.2, 0) is 17.8 Å². The molecular formula is C22H29N5OS. The van der Waals surface area contributed by atoms with E-state index in [1.165, 1.54) is 16.3 Å². The van der Waals surface area contributed by atoms with E-state index >= 15 is 0 Å². The molecule has 0 spiro atoms. The standard InChI is InChI=1S/C22H29N5OS/c1-3-20-25-17(15-29-20)13-24-22(23-2)27-14-16(18-7-4-5-8-19(18)27)10-12-26-11-6-9-21(26)28/h4-5,7-8,15-16H,3,6,9-14H2,1-2H3,(H,23,24). The number of likely N-dealkylation sites (tertiary alicyclic amines) is 1. The number of aliphatic imine (C=N–C) groups is 1. The van der Waals surface area contributed by atoms with Crippen LogP contribution in [0.5, 0.6) is 0 Å². The minimum absolute atomic E-state index is 0.306. The summed E-state index contributed by atoms with van der Waals surface area (Å²) in [5.41, 5.74) is 3.62. The van der Waals surface area contributed by atoms with Gasteiger partial charge in [0.15, 0.2) is 5.96 Å². The minimum atomic E-state index is 0.306. The van der Waals surface area contributed by atoms with Crippen LogP contribution >= 0.6 is 11.3 Å². The van der Waals surface area contributed by atoms with Gasteiger partial charge in [0.1, 0.15) is 0 Å². The summed E-state index contributed by atoms with van der Waals surface area (Å²) in [6, 6.07) is 8.57. The molecule has 1 saturated heterocycles. The lowest BCUT2D eigenvalue weighted by atomic mass is 9.98. The molecule has 1 N–H and O–H groups in total. The number of nitrogens with zero attached hydrogens (tertiary/aromatic N) is 4. The fourth-order valence-corrected chi connectivity index (χ4v) is 5.00. The number of para-hydroxylation sites is 1. The number of aryl methyl sites for hydroxylation is 1. The molecule has 2 aliphatic rings. The molecule has 29 heavy (non-hydrogen) atoms. The Balaban J connectivity index is 1.44. The Morgan fingerprint density at radius 3 is 2.97 bits per heavy atom. The van der Waals surface area contributed by atoms with Gasteiger partial charge in [0.25, 0.3) is 0 Å². The van der Waals surface area contributed by atoms with Crippen LogP contribution in [0.1, 0.15) is 48.4 Å². The molecule has 4 rings (SSSR count). The summed E-state index contributed by atoms with van der Waals surface area (Å²) >= 11 is 1.71. The van der Waals surface area contributed by atoms with Crippen molar-refractivity contribution in [1.29, 1.82) is 0 Å². The van der Waals surface area contributed by atoms with Gasteiger partial charge in [-0.3, -0.25) is 9.79 Å². The van der Waals surface area contributed by atoms with Crippen LogP contribution in [-0.4, -0.2) is 48.4 Å². The van der Waals surface area contributed by atoms with Crippen molar-refractivity contribution in [2.45, 2.75) is 45.1 Å². The molecule has 7 heteroatoms. The maximum Gasteiger partial charge on any atom is 0.222 e. The molecular weight excluding hydrogens is 382 g/mol. The first-order valence-corrected chi connectivity index (χ1v) is 11.4. The predicted molar refractivity (Wildman–Crippen MR) is 119 cm³/mol. The summed E-state index contributed by atoms with van der Waals surface area (Å²) < 4.78 is 0. The molecule has 1 aromatic heterocycles. The Kier molecular flexibility index (Phi) is 6.13. The number of guanidine groups is 1. The summed E-state index contributed by atoms with van der Waals surface area (Å²) in [6.07, 6.45) is 3.67. The number of anilines is 1. The van der Waals surface area contributed by atoms with Gasteiger partial charge < -0.3 is 15.1 Å². The number of hydrogen-bond acceptors (Lipinski definition) is 4. The molecule has 154 valence electrons. The fraction of sp³-hybridized carbons (Fsp3) is 0.500. The van der Waals surface area contributed by atoms with E-state index in [2.05, 4.69) is 56.8 Å². The van der Waals surface area contributed by atoms with Gasteiger partial charge in [-0.2, -0.15) is 0 Å². The highest BCUT2D eigenvalue weighted by Crippen LogP contribution is 2.38. The molecule has 2 aromatic rings. The van der Waals surface area contributed by atoms with Crippen LogP contribution in [0.15, 0.2) is 34.6 Å². The zero-order valence-electron chi connectivity index (χ0n) is 17.2. The number of nitrogens with one attached hydrogen (secondary N) is 1. The quantitative estimate of drug-likeness (QED) is 0.585. The number of hydrogen-bond donors (Lipinski definition) is 1. The van der Waals surface area contributed by atoms with Crippen LogP contribution < -0.4 is 10.2 Å². The van der Waals surface area contributed by atoms with E-state index in [-0.39, 0.29) is 0 Å². The van der Waals surface area contributed by atoms with Gasteiger partial charge in [0, 0.05) is 50.1 Å². The Bertz CT molecular complexity index is 893. The monoisotopic (exact) mass is 411 g/mol. The Morgan fingerprint density at radius 1 is 1.38 bits per heavy atom. The van der Waals surface area contributed by atoms with Crippen molar-refractivity contribution in [2.24, 2.45) is 4.99 Å². The SMILES string of the molecule is CCc1nc(CNC(=NC)N2CC(CCN3CCCC3=O)c3ccccc32)cs1. The van der Waals surface area contributed by atoms with Gasteiger partial charge >= 0.3 is 0 Å². The van der Waals surface area contributed by atoms with Crippen LogP contribution in [0.2, 0.25) is 0 Å². The molecule has 2 aliphatic heterocycles. The van der Waals surface area contributed by atoms with Gasteiger partial charge in [-0.25, -0.2) is 4.98 Å². The van der Waals surface area contributed by atoms with Crippen LogP contribution in [0, 0.1) is 0 Å². The second kappa shape index (κ2) is 8.95. The molecule has 1 fully saturated rings. The first-order chi connectivity index (χ1) is 14.2. The van der Waals surface area contributed by atoms with Crippen LogP contribution in [0.4, 0.5) is 5.69 Å². The summed E-state index contributed by atoms with van der Waals surface area (Å²) in [6.45, 7) is 5.45. The predicted octanol–water partition coefficient (Wildman–Crippen LogP) is 3.40. The third-order valence-electron chi connectivity index (χ3n) is 5.79. The van der Waals surface area contributed by atoms with Crippen molar-refractivity contribution in [3.05, 3.63) is 45.9 Å². The number of carbonyl (C=O) groups is 1. The first kappa shape index (κ1) is 19.9. The smallest absolute Gasteiger partial charge is 0.222 e. The molecule has 1 atom stereocenters. The average Bonchev–Trinajstić information content (AvgIpc) is 3.46. The lowest BCUT2D eigenvalue weighted by Crippen LogP contribution is -2.40. The van der Waals surface area contributed by atoms with Crippen LogP contribution in [0.25, 0.3) is 0 Å². The van der Waals surface area contributed by atoms with Gasteiger partial charge in [-0.05, 0) is 30.9 Å². The average molecular weight is 412 g/mol. The molecule has 0 radical (unpaired) electrons. The summed E-state index contributed by atoms with van der Waals surface area (Å²) in [4.78, 5) is 25.4. The van der Waals surface area contributed by atoms with Crippen molar-refractivity contribution in [3.8, 4) is 0 Å². The maximum absolute atomic E-state index is 12.0. The summed E-state index contributed by atoms with van der Waals surface area (Å²) in [7, 11) is 1.83. The number of thiazole rings is 1. The summed E-state index contributed by atoms with van der Waals surface area (Å²) in [5.74, 6) is 1.59. The molecule has 6 nitrogen and oxygen atoms in total. The maximum atomic E-state index is 12.0. The highest BCUT2D eigenvalue weighted by Gasteiger charge is 2.32. The Hall–Kier alpha value is -2.41. The van der Waals surface area contributed by atoms with E-state index in [0.717, 1.165) is 50.6 Å². The van der Waals surface area contributed by atoms with E-state index in [4.69, 9.17) is 0 Å². The Labute approximate surface area is 176 Å². The van der Waals surface area contributed by atoms with E-state index < -0.39 is 0 Å². The topological polar surface area (TPSA) is 60.8 Å². The zero-order chi connectivity index (χ0) is 20.2. The number of amides is 1. The highest BCUT2D eigenvalue weighted by atomic mass is 32.1. The second-order valence-corrected chi connectivity index (χ2v) is 8.57. The van der Waals surface area contributed by atoms with Gasteiger partial charge in [-0.15, -0.1) is 11.3 Å². The number of aromatic nitrogens is 1. The van der Waals surface area contributed by atoms with Crippen molar-refractivity contribution < 1.29 is 4.79 Å². The molecule has 1 amide bonds. The molecule has 1 aromatic carbocycles. The zero-order valence-corrected chi connectivity index (χ0v) is 18.0. The van der Waals surface area contributed by atoms with Crippen molar-refractivity contribution >= 4 is 28.9 Å². The van der Waals surface area contributed by atoms with Crippen LogP contribution in [0.3, 0.4) is 0 Å². The van der Waals surface area contributed by atoms with E-state index in [0.29, 0.717) is 24.8 Å². The number of rotatable bonds is 6. The molecule has 0 saturated carbocycles. The highest BCUT2D eigenvalue weighted by molar-refractivity contribution is 7.09. The molecule has 1 unspecified atom stereocenters. The Morgan fingerprint density at radius 2 is 2.24 bits per heavy atom. The lowest BCUT2D eigenvalue weighted by Gasteiger charge is -2.23. The van der Waals surface area contributed by atoms with Crippen molar-refractivity contribution in [2.75, 3.05) is 31.6 Å². The van der Waals surface area contributed by atoms with Crippen molar-refractivity contribution in [1.82, 2.24) is 15.2 Å². The second-order valence-electron chi connectivity index (χ2n) is 7.63. The largest absolute Gasteiger partial charge is 0.350 e. The van der Waals surface area contributed by atoms with E-state index in [1.54, 1.807) is 11.3 Å². The number of carbonyl (C=O) groups excluding carboxylic acids is 1. The van der Waals surface area contributed by atoms with Gasteiger partial charge in [0.2, 0.25) is 5.91 Å². The van der Waals surface area contributed by atoms with Crippen molar-refractivity contribution in [3.63, 3.8) is 0 Å². The fourth-order valence-electron chi connectivity index (χ4n) is 4.25.